The molecule has 2 fully saturated rings. The minimum Gasteiger partial charge on any atom is -0.486 e. The van der Waals surface area contributed by atoms with E-state index in [1.165, 1.54) is 0 Å². The molecule has 2 aromatic carbocycles. The monoisotopic (exact) mass is 447 g/mol. The normalized spacial score (nSPS) is 31.4. The van der Waals surface area contributed by atoms with Gasteiger partial charge in [-0.15, -0.1) is 0 Å². The number of ketones is 1. The lowest BCUT2D eigenvalue weighted by Gasteiger charge is -2.34. The number of Topliss-reactive ketones (excluding diaryl/α,β-unsaturated/α-hetero) is 1. The Labute approximate surface area is 169 Å². The molecule has 1 spiro atoms. The van der Waals surface area contributed by atoms with Crippen molar-refractivity contribution in [1.82, 2.24) is 5.32 Å². The highest BCUT2D eigenvalue weighted by Gasteiger charge is 2.66. The first-order valence-electron chi connectivity index (χ1n) is 8.71. The summed E-state index contributed by atoms with van der Waals surface area (Å²) >= 11 is 9.83. The molecule has 2 aromatic rings. The second kappa shape index (κ2) is 6.06. The molecule has 3 aliphatic heterocycles. The fourth-order valence-corrected chi connectivity index (χ4v) is 5.02. The number of esters is 1. The van der Waals surface area contributed by atoms with Gasteiger partial charge in [-0.25, -0.2) is 4.79 Å². The molecule has 27 heavy (non-hydrogen) atoms. The third-order valence-electron chi connectivity index (χ3n) is 5.68. The summed E-state index contributed by atoms with van der Waals surface area (Å²) in [7, 11) is 0. The number of nitrogens with one attached hydrogen (secondary N) is 1. The number of ether oxygens (including phenoxy) is 2. The van der Waals surface area contributed by atoms with Gasteiger partial charge in [0.2, 0.25) is 0 Å². The number of fused-ring (bicyclic) bond motifs is 3. The maximum Gasteiger partial charge on any atom is 0.330 e. The third kappa shape index (κ3) is 2.40. The molecule has 0 unspecified atom stereocenters. The average Bonchev–Trinajstić information content (AvgIpc) is 3.17. The van der Waals surface area contributed by atoms with Crippen molar-refractivity contribution in [3.05, 3.63) is 63.1 Å². The molecule has 0 aliphatic carbocycles. The SMILES string of the molecule is O=C1c2ccc(Br)cc2O[C@H]2[C@@H]1[C@H](c1ccccc1Cl)N[C@@]21CCOC1=O. The van der Waals surface area contributed by atoms with Gasteiger partial charge in [-0.3, -0.25) is 10.1 Å². The van der Waals surface area contributed by atoms with Crippen molar-refractivity contribution in [2.45, 2.75) is 24.1 Å². The maximum absolute atomic E-state index is 13.4. The van der Waals surface area contributed by atoms with Crippen LogP contribution in [0.4, 0.5) is 0 Å². The Morgan fingerprint density at radius 1 is 1.19 bits per heavy atom. The third-order valence-corrected chi connectivity index (χ3v) is 6.52. The molecule has 0 aromatic heterocycles. The summed E-state index contributed by atoms with van der Waals surface area (Å²) in [5, 5.41) is 3.93. The van der Waals surface area contributed by atoms with Crippen LogP contribution in [0.3, 0.4) is 0 Å². The highest BCUT2D eigenvalue weighted by Crippen LogP contribution is 2.50. The van der Waals surface area contributed by atoms with E-state index in [1.54, 1.807) is 18.2 Å². The van der Waals surface area contributed by atoms with Crippen LogP contribution in [0, 0.1) is 5.92 Å². The van der Waals surface area contributed by atoms with Crippen molar-refractivity contribution in [3.8, 4) is 5.75 Å². The summed E-state index contributed by atoms with van der Waals surface area (Å²) in [6.07, 6.45) is -0.201. The van der Waals surface area contributed by atoms with Crippen LogP contribution in [-0.2, 0) is 9.53 Å². The molecule has 0 amide bonds. The zero-order valence-corrected chi connectivity index (χ0v) is 16.4. The summed E-state index contributed by atoms with van der Waals surface area (Å²) in [6, 6.07) is 12.3. The first-order valence-corrected chi connectivity index (χ1v) is 9.88. The van der Waals surface area contributed by atoms with Gasteiger partial charge in [0.25, 0.3) is 0 Å². The second-order valence-corrected chi connectivity index (χ2v) is 8.39. The Kier molecular flexibility index (Phi) is 3.86. The topological polar surface area (TPSA) is 64.6 Å². The summed E-state index contributed by atoms with van der Waals surface area (Å²) < 4.78 is 12.3. The molecule has 138 valence electrons. The molecule has 2 saturated heterocycles. The van der Waals surface area contributed by atoms with Gasteiger partial charge < -0.3 is 9.47 Å². The molecule has 0 saturated carbocycles. The molecular weight excluding hydrogens is 434 g/mol. The molecule has 0 radical (unpaired) electrons. The summed E-state index contributed by atoms with van der Waals surface area (Å²) in [4.78, 5) is 26.1. The first kappa shape index (κ1) is 17.2. The quantitative estimate of drug-likeness (QED) is 0.674. The first-order chi connectivity index (χ1) is 13.0. The molecule has 5 nitrogen and oxygen atoms in total. The Bertz CT molecular complexity index is 980. The molecular formula is C20H15BrClNO4. The van der Waals surface area contributed by atoms with Gasteiger partial charge in [0, 0.05) is 22.0 Å². The fraction of sp³-hybridized carbons (Fsp3) is 0.300. The van der Waals surface area contributed by atoms with Crippen LogP contribution < -0.4 is 10.1 Å². The van der Waals surface area contributed by atoms with Crippen LogP contribution in [0.25, 0.3) is 0 Å². The number of cyclic esters (lactones) is 1. The van der Waals surface area contributed by atoms with Crippen LogP contribution in [0.15, 0.2) is 46.9 Å². The van der Waals surface area contributed by atoms with Crippen LogP contribution in [0.2, 0.25) is 5.02 Å². The van der Waals surface area contributed by atoms with Crippen molar-refractivity contribution in [2.75, 3.05) is 6.61 Å². The molecule has 1 N–H and O–H groups in total. The van der Waals surface area contributed by atoms with E-state index in [0.717, 1.165) is 10.0 Å². The number of carbonyl (C=O) groups is 2. The van der Waals surface area contributed by atoms with E-state index in [-0.39, 0.29) is 11.8 Å². The van der Waals surface area contributed by atoms with Gasteiger partial charge in [0.05, 0.1) is 18.1 Å². The summed E-state index contributed by atoms with van der Waals surface area (Å²) in [5.74, 6) is -0.512. The summed E-state index contributed by atoms with van der Waals surface area (Å²) in [5.41, 5.74) is 0.245. The van der Waals surface area contributed by atoms with E-state index in [1.807, 2.05) is 24.3 Å². The molecule has 3 aliphatic rings. The van der Waals surface area contributed by atoms with Gasteiger partial charge in [-0.2, -0.15) is 0 Å². The lowest BCUT2D eigenvalue weighted by Crippen LogP contribution is -2.56. The van der Waals surface area contributed by atoms with Gasteiger partial charge >= 0.3 is 5.97 Å². The van der Waals surface area contributed by atoms with Gasteiger partial charge in [0.1, 0.15) is 11.9 Å². The van der Waals surface area contributed by atoms with Crippen molar-refractivity contribution in [3.63, 3.8) is 0 Å². The second-order valence-electron chi connectivity index (χ2n) is 7.07. The van der Waals surface area contributed by atoms with E-state index in [9.17, 15) is 9.59 Å². The number of benzene rings is 2. The Morgan fingerprint density at radius 3 is 2.74 bits per heavy atom. The van der Waals surface area contributed by atoms with Crippen LogP contribution in [-0.4, -0.2) is 30.0 Å². The lowest BCUT2D eigenvalue weighted by molar-refractivity contribution is -0.145. The van der Waals surface area contributed by atoms with Gasteiger partial charge in [0.15, 0.2) is 11.3 Å². The highest BCUT2D eigenvalue weighted by molar-refractivity contribution is 9.10. The van der Waals surface area contributed by atoms with Crippen LogP contribution >= 0.6 is 27.5 Å². The van der Waals surface area contributed by atoms with E-state index in [4.69, 9.17) is 21.1 Å². The number of rotatable bonds is 1. The van der Waals surface area contributed by atoms with E-state index in [2.05, 4.69) is 21.2 Å². The lowest BCUT2D eigenvalue weighted by atomic mass is 9.79. The van der Waals surface area contributed by atoms with E-state index >= 15 is 0 Å². The Morgan fingerprint density at radius 2 is 2.00 bits per heavy atom. The average molecular weight is 449 g/mol. The standard InChI is InChI=1S/C20H15BrClNO4/c21-10-5-6-12-14(9-10)27-18-15(17(12)24)16(11-3-1-2-4-13(11)22)23-20(18)7-8-26-19(20)25/h1-6,9,15-16,18,23H,7-8H2/t15-,16+,18+,20+/m1/s1. The van der Waals surface area contributed by atoms with Crippen molar-refractivity contribution in [1.29, 1.82) is 0 Å². The van der Waals surface area contributed by atoms with Crippen molar-refractivity contribution >= 4 is 39.3 Å². The molecule has 0 bridgehead atoms. The van der Waals surface area contributed by atoms with Crippen LogP contribution in [0.1, 0.15) is 28.4 Å². The molecule has 4 atom stereocenters. The van der Waals surface area contributed by atoms with Gasteiger partial charge in [-0.05, 0) is 29.8 Å². The largest absolute Gasteiger partial charge is 0.486 e. The Hall–Kier alpha value is -1.89. The molecule has 3 heterocycles. The van der Waals surface area contributed by atoms with Gasteiger partial charge in [-0.1, -0.05) is 45.7 Å². The van der Waals surface area contributed by atoms with E-state index < -0.39 is 23.6 Å². The summed E-state index contributed by atoms with van der Waals surface area (Å²) in [6.45, 7) is 0.299. The highest BCUT2D eigenvalue weighted by atomic mass is 79.9. The van der Waals surface area contributed by atoms with E-state index in [0.29, 0.717) is 29.4 Å². The number of carbonyl (C=O) groups excluding carboxylic acids is 2. The zero-order chi connectivity index (χ0) is 18.8. The predicted molar refractivity (Wildman–Crippen MR) is 102 cm³/mol. The van der Waals surface area contributed by atoms with Crippen molar-refractivity contribution in [2.24, 2.45) is 5.92 Å². The number of hydrogen-bond donors (Lipinski definition) is 1. The smallest absolute Gasteiger partial charge is 0.330 e. The number of halogens is 2. The number of hydrogen-bond acceptors (Lipinski definition) is 5. The van der Waals surface area contributed by atoms with Crippen molar-refractivity contribution < 1.29 is 19.1 Å². The Balaban J connectivity index is 1.68. The zero-order valence-electron chi connectivity index (χ0n) is 14.1. The maximum atomic E-state index is 13.4. The minimum atomic E-state index is -1.05. The minimum absolute atomic E-state index is 0.0530. The predicted octanol–water partition coefficient (Wildman–Crippen LogP) is 3.69. The van der Waals surface area contributed by atoms with Crippen LogP contribution in [0.5, 0.6) is 5.75 Å². The molecule has 5 rings (SSSR count). The fourth-order valence-electron chi connectivity index (χ4n) is 4.43. The molecule has 7 heteroatoms.